The topological polar surface area (TPSA) is 32.3 Å². The van der Waals surface area contributed by atoms with Gasteiger partial charge in [0.05, 0.1) is 0 Å². The number of likely N-dealkylation sites (tertiary alicyclic amines) is 1. The number of hydrogen-bond donors (Lipinski definition) is 0. The van der Waals surface area contributed by atoms with E-state index in [2.05, 4.69) is 49.8 Å². The Labute approximate surface area is 111 Å². The Morgan fingerprint density at radius 1 is 1.41 bits per heavy atom. The van der Waals surface area contributed by atoms with E-state index in [1.54, 1.807) is 6.33 Å². The monoisotopic (exact) mass is 298 g/mol. The summed E-state index contributed by atoms with van der Waals surface area (Å²) in [6.07, 6.45) is 4.17. The van der Waals surface area contributed by atoms with Crippen LogP contribution in [0.25, 0.3) is 0 Å². The van der Waals surface area contributed by atoms with Crippen LogP contribution in [0.2, 0.25) is 0 Å². The second-order valence-electron chi connectivity index (χ2n) is 4.83. The molecular weight excluding hydrogens is 280 g/mol. The van der Waals surface area contributed by atoms with Crippen LogP contribution in [0.1, 0.15) is 12.8 Å². The molecule has 0 unspecified atom stereocenters. The van der Waals surface area contributed by atoms with E-state index in [0.717, 1.165) is 22.9 Å². The van der Waals surface area contributed by atoms with E-state index in [9.17, 15) is 0 Å². The molecule has 0 aromatic carbocycles. The first-order valence-corrected chi connectivity index (χ1v) is 6.81. The van der Waals surface area contributed by atoms with Crippen LogP contribution in [0, 0.1) is 5.92 Å². The van der Waals surface area contributed by atoms with Gasteiger partial charge in [0.1, 0.15) is 16.7 Å². The van der Waals surface area contributed by atoms with Gasteiger partial charge in [0, 0.05) is 19.7 Å². The van der Waals surface area contributed by atoms with Gasteiger partial charge in [-0.25, -0.2) is 9.97 Å². The fourth-order valence-electron chi connectivity index (χ4n) is 2.26. The molecule has 0 N–H and O–H groups in total. The van der Waals surface area contributed by atoms with Gasteiger partial charge in [-0.05, 0) is 54.8 Å². The number of nitrogens with zero attached hydrogens (tertiary/aromatic N) is 4. The minimum Gasteiger partial charge on any atom is -0.359 e. The number of aromatic nitrogens is 2. The van der Waals surface area contributed by atoms with Crippen LogP contribution in [-0.2, 0) is 0 Å². The van der Waals surface area contributed by atoms with Crippen molar-refractivity contribution >= 4 is 21.7 Å². The molecule has 94 valence electrons. The van der Waals surface area contributed by atoms with Gasteiger partial charge < -0.3 is 9.80 Å². The molecule has 2 heterocycles. The molecule has 0 amide bonds. The number of anilines is 1. The highest BCUT2D eigenvalue weighted by atomic mass is 79.9. The van der Waals surface area contributed by atoms with E-state index in [1.165, 1.54) is 25.9 Å². The van der Waals surface area contributed by atoms with Gasteiger partial charge in [0.25, 0.3) is 0 Å². The molecule has 17 heavy (non-hydrogen) atoms. The summed E-state index contributed by atoms with van der Waals surface area (Å²) in [4.78, 5) is 13.0. The first-order chi connectivity index (χ1) is 8.15. The van der Waals surface area contributed by atoms with Crippen LogP contribution in [0.15, 0.2) is 17.0 Å². The Balaban J connectivity index is 1.90. The highest BCUT2D eigenvalue weighted by Crippen LogP contribution is 2.20. The third-order valence-electron chi connectivity index (χ3n) is 3.38. The zero-order chi connectivity index (χ0) is 12.3. The fourth-order valence-corrected chi connectivity index (χ4v) is 2.55. The first-order valence-electron chi connectivity index (χ1n) is 6.02. The van der Waals surface area contributed by atoms with Crippen LogP contribution < -0.4 is 4.90 Å². The second-order valence-corrected chi connectivity index (χ2v) is 5.64. The van der Waals surface area contributed by atoms with Crippen molar-refractivity contribution < 1.29 is 0 Å². The van der Waals surface area contributed by atoms with Crippen LogP contribution in [0.5, 0.6) is 0 Å². The molecule has 0 aliphatic carbocycles. The highest BCUT2D eigenvalue weighted by molar-refractivity contribution is 9.10. The van der Waals surface area contributed by atoms with Crippen LogP contribution >= 0.6 is 15.9 Å². The molecule has 0 radical (unpaired) electrons. The zero-order valence-corrected chi connectivity index (χ0v) is 12.0. The van der Waals surface area contributed by atoms with E-state index in [0.29, 0.717) is 0 Å². The maximum Gasteiger partial charge on any atom is 0.132 e. The van der Waals surface area contributed by atoms with Gasteiger partial charge in [0.2, 0.25) is 0 Å². The average Bonchev–Trinajstić information content (AvgIpc) is 2.32. The largest absolute Gasteiger partial charge is 0.359 e. The third kappa shape index (κ3) is 3.64. The lowest BCUT2D eigenvalue weighted by atomic mass is 9.97. The minimum atomic E-state index is 0.782. The lowest BCUT2D eigenvalue weighted by Crippen LogP contribution is -2.35. The summed E-state index contributed by atoms with van der Waals surface area (Å²) in [7, 11) is 4.30. The SMILES string of the molecule is CN1CCC(CN(C)c2cc(Br)ncn2)CC1. The summed E-state index contributed by atoms with van der Waals surface area (Å²) in [6, 6.07) is 1.97. The molecule has 1 aromatic rings. The van der Waals surface area contributed by atoms with E-state index in [4.69, 9.17) is 0 Å². The van der Waals surface area contributed by atoms with Gasteiger partial charge >= 0.3 is 0 Å². The lowest BCUT2D eigenvalue weighted by molar-refractivity contribution is 0.222. The number of rotatable bonds is 3. The van der Waals surface area contributed by atoms with E-state index >= 15 is 0 Å². The van der Waals surface area contributed by atoms with Crippen LogP contribution in [-0.4, -0.2) is 48.6 Å². The summed E-state index contributed by atoms with van der Waals surface area (Å²) in [5, 5.41) is 0. The van der Waals surface area contributed by atoms with Gasteiger partial charge in [-0.3, -0.25) is 0 Å². The summed E-state index contributed by atoms with van der Waals surface area (Å²) in [5.74, 6) is 1.77. The first kappa shape index (κ1) is 12.8. The van der Waals surface area contributed by atoms with Crippen LogP contribution in [0.3, 0.4) is 0 Å². The van der Waals surface area contributed by atoms with Crippen LogP contribution in [0.4, 0.5) is 5.82 Å². The molecular formula is C12H19BrN4. The Hall–Kier alpha value is -0.680. The molecule has 2 rings (SSSR count). The molecule has 5 heteroatoms. The minimum absolute atomic E-state index is 0.782. The quantitative estimate of drug-likeness (QED) is 0.799. The van der Waals surface area contributed by atoms with Crippen molar-refractivity contribution in [3.8, 4) is 0 Å². The van der Waals surface area contributed by atoms with Gasteiger partial charge in [-0.15, -0.1) is 0 Å². The predicted octanol–water partition coefficient (Wildman–Crippen LogP) is 2.02. The average molecular weight is 299 g/mol. The Morgan fingerprint density at radius 2 is 2.12 bits per heavy atom. The van der Waals surface area contributed by atoms with Crippen molar-refractivity contribution in [3.63, 3.8) is 0 Å². The highest BCUT2D eigenvalue weighted by Gasteiger charge is 2.18. The molecule has 1 aromatic heterocycles. The van der Waals surface area contributed by atoms with E-state index < -0.39 is 0 Å². The zero-order valence-electron chi connectivity index (χ0n) is 10.4. The van der Waals surface area contributed by atoms with Gasteiger partial charge in [-0.1, -0.05) is 0 Å². The number of hydrogen-bond acceptors (Lipinski definition) is 4. The van der Waals surface area contributed by atoms with Crippen molar-refractivity contribution in [3.05, 3.63) is 17.0 Å². The predicted molar refractivity (Wildman–Crippen MR) is 73.2 cm³/mol. The van der Waals surface area contributed by atoms with Crippen molar-refractivity contribution in [1.82, 2.24) is 14.9 Å². The molecule has 1 aliphatic heterocycles. The molecule has 0 bridgehead atoms. The van der Waals surface area contributed by atoms with Gasteiger partial charge in [0.15, 0.2) is 0 Å². The number of halogens is 1. The lowest BCUT2D eigenvalue weighted by Gasteiger charge is -2.32. The normalized spacial score (nSPS) is 18.3. The maximum atomic E-state index is 4.29. The van der Waals surface area contributed by atoms with E-state index in [1.807, 2.05) is 6.07 Å². The summed E-state index contributed by atoms with van der Waals surface area (Å²) >= 11 is 3.38. The summed E-state index contributed by atoms with van der Waals surface area (Å²) < 4.78 is 0.845. The molecule has 0 spiro atoms. The molecule has 1 fully saturated rings. The van der Waals surface area contributed by atoms with Crippen molar-refractivity contribution in [2.45, 2.75) is 12.8 Å². The standard InChI is InChI=1S/C12H19BrN4/c1-16-5-3-10(4-6-16)8-17(2)12-7-11(13)14-9-15-12/h7,9-10H,3-6,8H2,1-2H3. The Kier molecular flexibility index (Phi) is 4.34. The van der Waals surface area contributed by atoms with Crippen molar-refractivity contribution in [2.24, 2.45) is 5.92 Å². The van der Waals surface area contributed by atoms with E-state index in [-0.39, 0.29) is 0 Å². The molecule has 1 aliphatic rings. The smallest absolute Gasteiger partial charge is 0.132 e. The molecule has 4 nitrogen and oxygen atoms in total. The van der Waals surface area contributed by atoms with Crippen molar-refractivity contribution in [2.75, 3.05) is 38.6 Å². The molecule has 0 atom stereocenters. The Morgan fingerprint density at radius 3 is 2.76 bits per heavy atom. The Bertz CT molecular complexity index is 363. The number of piperidine rings is 1. The maximum absolute atomic E-state index is 4.29. The second kappa shape index (κ2) is 5.78. The molecule has 1 saturated heterocycles. The van der Waals surface area contributed by atoms with Crippen molar-refractivity contribution in [1.29, 1.82) is 0 Å². The third-order valence-corrected chi connectivity index (χ3v) is 3.81. The summed E-state index contributed by atoms with van der Waals surface area (Å²) in [5.41, 5.74) is 0. The molecule has 0 saturated carbocycles. The van der Waals surface area contributed by atoms with Gasteiger partial charge in [-0.2, -0.15) is 0 Å². The summed E-state index contributed by atoms with van der Waals surface area (Å²) in [6.45, 7) is 3.51. The fraction of sp³-hybridized carbons (Fsp3) is 0.667.